The molecule has 0 radical (unpaired) electrons. The zero-order valence-corrected chi connectivity index (χ0v) is 14.2. The van der Waals surface area contributed by atoms with Crippen molar-refractivity contribution < 1.29 is 14.7 Å². The summed E-state index contributed by atoms with van der Waals surface area (Å²) in [5.41, 5.74) is 1.68. The summed E-state index contributed by atoms with van der Waals surface area (Å²) in [4.78, 5) is 26.2. The van der Waals surface area contributed by atoms with Crippen LogP contribution < -0.4 is 0 Å². The molecule has 1 aromatic rings. The van der Waals surface area contributed by atoms with Gasteiger partial charge >= 0.3 is 5.97 Å². The van der Waals surface area contributed by atoms with Crippen molar-refractivity contribution in [1.82, 2.24) is 4.90 Å². The third-order valence-electron chi connectivity index (χ3n) is 4.91. The Hall–Kier alpha value is -1.49. The number of carbonyl (C=O) groups is 2. The number of aliphatic carboxylic acids is 1. The Balaban J connectivity index is 1.87. The van der Waals surface area contributed by atoms with Crippen LogP contribution in [0, 0.1) is 12.8 Å². The molecule has 1 N–H and O–H groups in total. The Morgan fingerprint density at radius 1 is 1.13 bits per heavy atom. The van der Waals surface area contributed by atoms with Gasteiger partial charge in [-0.05, 0) is 37.8 Å². The van der Waals surface area contributed by atoms with Gasteiger partial charge in [-0.1, -0.05) is 37.0 Å². The molecule has 124 valence electrons. The van der Waals surface area contributed by atoms with Gasteiger partial charge in [0, 0.05) is 11.3 Å². The van der Waals surface area contributed by atoms with Gasteiger partial charge in [-0.15, -0.1) is 11.8 Å². The number of carbonyl (C=O) groups excluding carboxylic acids is 1. The van der Waals surface area contributed by atoms with Gasteiger partial charge in [-0.25, -0.2) is 4.79 Å². The maximum Gasteiger partial charge on any atom is 0.327 e. The van der Waals surface area contributed by atoms with Crippen LogP contribution >= 0.6 is 11.8 Å². The standard InChI is InChI=1S/C18H23NO3S/c1-12-7-9-13(10-8-12)16(20)19-15(18(21)22)11-23-17(19)14-5-3-2-4-6-14/h7-10,14-15,17H,2-6,11H2,1H3,(H,21,22)/t15-,17+/m1/s1. The quantitative estimate of drug-likeness (QED) is 0.919. The van der Waals surface area contributed by atoms with Crippen LogP contribution in [0.25, 0.3) is 0 Å². The molecule has 3 rings (SSSR count). The van der Waals surface area contributed by atoms with Gasteiger partial charge in [0.25, 0.3) is 5.91 Å². The normalized spacial score (nSPS) is 25.5. The summed E-state index contributed by atoms with van der Waals surface area (Å²) in [5.74, 6) is -0.115. The molecule has 1 heterocycles. The summed E-state index contributed by atoms with van der Waals surface area (Å²) >= 11 is 1.64. The molecule has 2 fully saturated rings. The van der Waals surface area contributed by atoms with Crippen LogP contribution in [0.3, 0.4) is 0 Å². The van der Waals surface area contributed by atoms with Crippen molar-refractivity contribution in [3.8, 4) is 0 Å². The van der Waals surface area contributed by atoms with Crippen molar-refractivity contribution >= 4 is 23.6 Å². The molecule has 23 heavy (non-hydrogen) atoms. The number of thioether (sulfide) groups is 1. The van der Waals surface area contributed by atoms with Crippen molar-refractivity contribution in [3.05, 3.63) is 35.4 Å². The highest BCUT2D eigenvalue weighted by Gasteiger charge is 2.45. The van der Waals surface area contributed by atoms with Gasteiger partial charge in [0.15, 0.2) is 0 Å². The molecular formula is C18H23NO3S. The minimum absolute atomic E-state index is 0.00482. The van der Waals surface area contributed by atoms with Gasteiger partial charge in [0.2, 0.25) is 0 Å². The van der Waals surface area contributed by atoms with E-state index >= 15 is 0 Å². The molecular weight excluding hydrogens is 310 g/mol. The van der Waals surface area contributed by atoms with Crippen LogP contribution in [0.4, 0.5) is 0 Å². The average molecular weight is 333 g/mol. The van der Waals surface area contributed by atoms with E-state index in [0.717, 1.165) is 18.4 Å². The summed E-state index contributed by atoms with van der Waals surface area (Å²) in [6.07, 6.45) is 5.82. The molecule has 5 heteroatoms. The summed E-state index contributed by atoms with van der Waals surface area (Å²) in [6.45, 7) is 1.98. The lowest BCUT2D eigenvalue weighted by molar-refractivity contribution is -0.141. The van der Waals surface area contributed by atoms with Crippen molar-refractivity contribution in [3.63, 3.8) is 0 Å². The van der Waals surface area contributed by atoms with E-state index < -0.39 is 12.0 Å². The largest absolute Gasteiger partial charge is 0.480 e. The number of hydrogen-bond donors (Lipinski definition) is 1. The first kappa shape index (κ1) is 16.4. The van der Waals surface area contributed by atoms with Crippen LogP contribution in [-0.2, 0) is 4.79 Å². The van der Waals surface area contributed by atoms with Gasteiger partial charge in [-0.2, -0.15) is 0 Å². The summed E-state index contributed by atoms with van der Waals surface area (Å²) in [6, 6.07) is 6.71. The Morgan fingerprint density at radius 2 is 1.78 bits per heavy atom. The lowest BCUT2D eigenvalue weighted by atomic mass is 9.88. The van der Waals surface area contributed by atoms with E-state index in [-0.39, 0.29) is 11.3 Å². The summed E-state index contributed by atoms with van der Waals surface area (Å²) in [5, 5.41) is 9.54. The topological polar surface area (TPSA) is 57.6 Å². The molecule has 1 aliphatic carbocycles. The number of aryl methyl sites for hydroxylation is 1. The minimum Gasteiger partial charge on any atom is -0.480 e. The molecule has 1 aliphatic heterocycles. The predicted octanol–water partition coefficient (Wildman–Crippen LogP) is 3.54. The van der Waals surface area contributed by atoms with Crippen LogP contribution in [0.1, 0.15) is 48.0 Å². The van der Waals surface area contributed by atoms with Crippen molar-refractivity contribution in [2.75, 3.05) is 5.75 Å². The molecule has 1 amide bonds. The molecule has 0 bridgehead atoms. The third kappa shape index (κ3) is 3.39. The second-order valence-corrected chi connectivity index (χ2v) is 7.70. The predicted molar refractivity (Wildman–Crippen MR) is 91.6 cm³/mol. The number of hydrogen-bond acceptors (Lipinski definition) is 3. The van der Waals surface area contributed by atoms with Gasteiger partial charge < -0.3 is 10.0 Å². The Bertz CT molecular complexity index is 580. The molecule has 1 saturated carbocycles. The van der Waals surface area contributed by atoms with E-state index in [0.29, 0.717) is 17.2 Å². The fourth-order valence-electron chi connectivity index (χ4n) is 3.60. The first-order chi connectivity index (χ1) is 11.1. The minimum atomic E-state index is -0.892. The Morgan fingerprint density at radius 3 is 2.39 bits per heavy atom. The number of benzene rings is 1. The van der Waals surface area contributed by atoms with Crippen LogP contribution in [0.15, 0.2) is 24.3 Å². The monoisotopic (exact) mass is 333 g/mol. The Labute approximate surface area is 141 Å². The highest BCUT2D eigenvalue weighted by atomic mass is 32.2. The van der Waals surface area contributed by atoms with Gasteiger partial charge in [0.1, 0.15) is 6.04 Å². The first-order valence-electron chi connectivity index (χ1n) is 8.31. The number of amides is 1. The third-order valence-corrected chi connectivity index (χ3v) is 6.37. The van der Waals surface area contributed by atoms with Crippen LogP contribution in [0.2, 0.25) is 0 Å². The van der Waals surface area contributed by atoms with Crippen molar-refractivity contribution in [1.29, 1.82) is 0 Å². The second-order valence-electron chi connectivity index (χ2n) is 6.55. The zero-order valence-electron chi connectivity index (χ0n) is 13.4. The van der Waals surface area contributed by atoms with Gasteiger partial charge in [0.05, 0.1) is 5.37 Å². The van der Waals surface area contributed by atoms with E-state index in [1.807, 2.05) is 19.1 Å². The lowest BCUT2D eigenvalue weighted by Gasteiger charge is -2.34. The molecule has 2 aliphatic rings. The number of carboxylic acid groups (broad SMARTS) is 1. The maximum atomic E-state index is 13.0. The zero-order chi connectivity index (χ0) is 16.4. The smallest absolute Gasteiger partial charge is 0.327 e. The van der Waals surface area contributed by atoms with E-state index in [1.54, 1.807) is 28.8 Å². The molecule has 0 unspecified atom stereocenters. The molecule has 0 aromatic heterocycles. The van der Waals surface area contributed by atoms with Crippen molar-refractivity contribution in [2.45, 2.75) is 50.4 Å². The maximum absolute atomic E-state index is 13.0. The Kier molecular flexibility index (Phi) is 4.95. The number of carboxylic acids is 1. The van der Waals surface area contributed by atoms with Crippen LogP contribution in [0.5, 0.6) is 0 Å². The molecule has 2 atom stereocenters. The fourth-order valence-corrected chi connectivity index (χ4v) is 5.23. The fraction of sp³-hybridized carbons (Fsp3) is 0.556. The SMILES string of the molecule is Cc1ccc(C(=O)N2[C@@H](C(=O)O)CS[C@H]2C2CCCCC2)cc1. The lowest BCUT2D eigenvalue weighted by Crippen LogP contribution is -2.48. The van der Waals surface area contributed by atoms with Crippen LogP contribution in [-0.4, -0.2) is 39.1 Å². The number of nitrogens with zero attached hydrogens (tertiary/aromatic N) is 1. The van der Waals surface area contributed by atoms with E-state index in [4.69, 9.17) is 0 Å². The molecule has 1 saturated heterocycles. The molecule has 0 spiro atoms. The summed E-state index contributed by atoms with van der Waals surface area (Å²) < 4.78 is 0. The van der Waals surface area contributed by atoms with Crippen molar-refractivity contribution in [2.24, 2.45) is 5.92 Å². The molecule has 1 aromatic carbocycles. The second kappa shape index (κ2) is 6.95. The van der Waals surface area contributed by atoms with E-state index in [2.05, 4.69) is 0 Å². The summed E-state index contributed by atoms with van der Waals surface area (Å²) in [7, 11) is 0. The van der Waals surface area contributed by atoms with E-state index in [1.165, 1.54) is 19.3 Å². The highest BCUT2D eigenvalue weighted by Crippen LogP contribution is 2.41. The van der Waals surface area contributed by atoms with E-state index in [9.17, 15) is 14.7 Å². The highest BCUT2D eigenvalue weighted by molar-refractivity contribution is 8.00. The molecule has 4 nitrogen and oxygen atoms in total. The average Bonchev–Trinajstić information content (AvgIpc) is 3.01. The first-order valence-corrected chi connectivity index (χ1v) is 9.36. The van der Waals surface area contributed by atoms with Gasteiger partial charge in [-0.3, -0.25) is 4.79 Å². The number of rotatable bonds is 3.